The van der Waals surface area contributed by atoms with Crippen LogP contribution in [-0.4, -0.2) is 18.4 Å². The molecule has 27 heavy (non-hydrogen) atoms. The summed E-state index contributed by atoms with van der Waals surface area (Å²) in [6.45, 7) is 0.0469. The maximum absolute atomic E-state index is 12.8. The van der Waals surface area contributed by atoms with Crippen LogP contribution >= 0.6 is 0 Å². The van der Waals surface area contributed by atoms with Gasteiger partial charge >= 0.3 is 0 Å². The predicted octanol–water partition coefficient (Wildman–Crippen LogP) is 3.99. The highest BCUT2D eigenvalue weighted by Gasteiger charge is 2.31. The molecule has 0 saturated heterocycles. The van der Waals surface area contributed by atoms with Gasteiger partial charge in [0.2, 0.25) is 5.91 Å². The molecule has 4 nitrogen and oxygen atoms in total. The number of nitrogens with one attached hydrogen (secondary N) is 1. The van der Waals surface area contributed by atoms with E-state index in [9.17, 15) is 9.59 Å². The van der Waals surface area contributed by atoms with Crippen molar-refractivity contribution < 1.29 is 9.59 Å². The van der Waals surface area contributed by atoms with Crippen LogP contribution in [0.25, 0.3) is 10.8 Å². The van der Waals surface area contributed by atoms with E-state index in [2.05, 4.69) is 17.4 Å². The minimum Gasteiger partial charge on any atom is -0.348 e. The Hall–Kier alpha value is -3.14. The van der Waals surface area contributed by atoms with Crippen molar-refractivity contribution in [2.24, 2.45) is 0 Å². The summed E-state index contributed by atoms with van der Waals surface area (Å²) in [5, 5.41) is 5.12. The Kier molecular flexibility index (Phi) is 3.71. The van der Waals surface area contributed by atoms with E-state index in [1.807, 2.05) is 48.5 Å². The fourth-order valence-corrected chi connectivity index (χ4v) is 4.42. The summed E-state index contributed by atoms with van der Waals surface area (Å²) in [4.78, 5) is 27.2. The van der Waals surface area contributed by atoms with Crippen LogP contribution in [0.2, 0.25) is 0 Å². The number of nitrogens with zero attached hydrogens (tertiary/aromatic N) is 1. The Balaban J connectivity index is 1.39. The number of hydrogen-bond donors (Lipinski definition) is 1. The van der Waals surface area contributed by atoms with Gasteiger partial charge in [0.25, 0.3) is 5.91 Å². The zero-order valence-corrected chi connectivity index (χ0v) is 14.9. The van der Waals surface area contributed by atoms with E-state index < -0.39 is 0 Å². The molecular weight excluding hydrogens is 336 g/mol. The van der Waals surface area contributed by atoms with Crippen LogP contribution in [0, 0.1) is 0 Å². The quantitative estimate of drug-likeness (QED) is 0.771. The molecule has 3 aromatic carbocycles. The fraction of sp³-hybridized carbons (Fsp3) is 0.217. The molecule has 134 valence electrons. The van der Waals surface area contributed by atoms with Gasteiger partial charge in [-0.1, -0.05) is 48.5 Å². The predicted molar refractivity (Wildman–Crippen MR) is 106 cm³/mol. The van der Waals surface area contributed by atoms with Crippen LogP contribution in [-0.2, 0) is 11.2 Å². The van der Waals surface area contributed by atoms with Gasteiger partial charge in [0.1, 0.15) is 6.54 Å². The molecule has 1 atom stereocenters. The normalized spacial score (nSPS) is 17.9. The molecule has 3 aromatic rings. The zero-order valence-electron chi connectivity index (χ0n) is 14.9. The van der Waals surface area contributed by atoms with Gasteiger partial charge in [0, 0.05) is 10.9 Å². The SMILES string of the molecule is O=C(CN1C(=O)c2cccc3cccc1c23)N[C@@H]1CCCc2ccccc21. The maximum atomic E-state index is 12.8. The van der Waals surface area contributed by atoms with Crippen molar-refractivity contribution in [1.82, 2.24) is 5.32 Å². The number of carbonyl (C=O) groups is 2. The van der Waals surface area contributed by atoms with E-state index >= 15 is 0 Å². The van der Waals surface area contributed by atoms with Gasteiger partial charge in [-0.25, -0.2) is 0 Å². The molecule has 1 N–H and O–H groups in total. The van der Waals surface area contributed by atoms with Crippen LogP contribution in [0.1, 0.15) is 40.4 Å². The molecule has 1 aliphatic carbocycles. The minimum atomic E-state index is -0.116. The Labute approximate surface area is 157 Å². The molecule has 0 bridgehead atoms. The zero-order chi connectivity index (χ0) is 18.4. The fourth-order valence-electron chi connectivity index (χ4n) is 4.42. The average molecular weight is 356 g/mol. The Bertz CT molecular complexity index is 1070. The summed E-state index contributed by atoms with van der Waals surface area (Å²) < 4.78 is 0. The first-order valence-electron chi connectivity index (χ1n) is 9.43. The van der Waals surface area contributed by atoms with Crippen molar-refractivity contribution >= 4 is 28.3 Å². The van der Waals surface area contributed by atoms with Gasteiger partial charge in [-0.2, -0.15) is 0 Å². The first-order valence-corrected chi connectivity index (χ1v) is 9.43. The molecule has 0 aromatic heterocycles. The van der Waals surface area contributed by atoms with Crippen molar-refractivity contribution in [2.45, 2.75) is 25.3 Å². The van der Waals surface area contributed by atoms with Gasteiger partial charge in [-0.15, -0.1) is 0 Å². The smallest absolute Gasteiger partial charge is 0.259 e. The number of carbonyl (C=O) groups excluding carboxylic acids is 2. The van der Waals surface area contributed by atoms with Crippen molar-refractivity contribution in [3.05, 3.63) is 77.4 Å². The lowest BCUT2D eigenvalue weighted by molar-refractivity contribution is -0.120. The first kappa shape index (κ1) is 16.1. The number of amides is 2. The molecule has 1 heterocycles. The molecule has 0 radical (unpaired) electrons. The number of aryl methyl sites for hydroxylation is 1. The molecule has 0 fully saturated rings. The number of hydrogen-bond acceptors (Lipinski definition) is 2. The van der Waals surface area contributed by atoms with E-state index in [0.29, 0.717) is 5.56 Å². The highest BCUT2D eigenvalue weighted by molar-refractivity contribution is 6.26. The third kappa shape index (κ3) is 2.60. The molecule has 5 rings (SSSR count). The molecule has 0 saturated carbocycles. The van der Waals surface area contributed by atoms with Crippen LogP contribution in [0.15, 0.2) is 60.7 Å². The van der Waals surface area contributed by atoms with Crippen molar-refractivity contribution in [1.29, 1.82) is 0 Å². The summed E-state index contributed by atoms with van der Waals surface area (Å²) in [7, 11) is 0. The van der Waals surface area contributed by atoms with Gasteiger partial charge in [0.05, 0.1) is 11.7 Å². The highest BCUT2D eigenvalue weighted by atomic mass is 16.2. The van der Waals surface area contributed by atoms with Crippen molar-refractivity contribution in [2.75, 3.05) is 11.4 Å². The van der Waals surface area contributed by atoms with E-state index in [-0.39, 0.29) is 24.4 Å². The largest absolute Gasteiger partial charge is 0.348 e. The standard InChI is InChI=1S/C23H20N2O2/c26-21(24-19-12-4-7-15-6-1-2-10-17(15)19)14-25-20-13-5-9-16-8-3-11-18(22(16)20)23(25)27/h1-3,5-6,8-11,13,19H,4,7,12,14H2,(H,24,26)/t19-/m1/s1. The number of benzene rings is 3. The number of fused-ring (bicyclic) bond motifs is 1. The lowest BCUT2D eigenvalue weighted by Gasteiger charge is -2.27. The second kappa shape index (κ2) is 6.23. The van der Waals surface area contributed by atoms with Crippen LogP contribution < -0.4 is 10.2 Å². The van der Waals surface area contributed by atoms with E-state index in [1.165, 1.54) is 11.1 Å². The molecular formula is C23H20N2O2. The summed E-state index contributed by atoms with van der Waals surface area (Å²) >= 11 is 0. The van der Waals surface area contributed by atoms with Crippen molar-refractivity contribution in [3.63, 3.8) is 0 Å². The van der Waals surface area contributed by atoms with E-state index in [0.717, 1.165) is 35.7 Å². The minimum absolute atomic E-state index is 0.0262. The lowest BCUT2D eigenvalue weighted by atomic mass is 9.88. The Morgan fingerprint density at radius 3 is 2.74 bits per heavy atom. The molecule has 0 spiro atoms. The van der Waals surface area contributed by atoms with Crippen LogP contribution in [0.3, 0.4) is 0 Å². The summed E-state index contributed by atoms with van der Waals surface area (Å²) in [5.74, 6) is -0.212. The van der Waals surface area contributed by atoms with E-state index in [4.69, 9.17) is 0 Å². The van der Waals surface area contributed by atoms with Gasteiger partial charge in [0.15, 0.2) is 0 Å². The van der Waals surface area contributed by atoms with Gasteiger partial charge < -0.3 is 5.32 Å². The van der Waals surface area contributed by atoms with Gasteiger partial charge in [-0.05, 0) is 47.9 Å². The summed E-state index contributed by atoms with van der Waals surface area (Å²) in [6, 6.07) is 19.9. The second-order valence-electron chi connectivity index (χ2n) is 7.28. The first-order chi connectivity index (χ1) is 13.2. The molecule has 2 amide bonds. The maximum Gasteiger partial charge on any atom is 0.259 e. The van der Waals surface area contributed by atoms with Crippen molar-refractivity contribution in [3.8, 4) is 0 Å². The molecule has 2 aliphatic rings. The topological polar surface area (TPSA) is 49.4 Å². The lowest BCUT2D eigenvalue weighted by Crippen LogP contribution is -2.41. The molecule has 4 heteroatoms. The monoisotopic (exact) mass is 356 g/mol. The Morgan fingerprint density at radius 2 is 1.85 bits per heavy atom. The average Bonchev–Trinajstić information content (AvgIpc) is 2.96. The second-order valence-corrected chi connectivity index (χ2v) is 7.28. The van der Waals surface area contributed by atoms with Gasteiger partial charge in [-0.3, -0.25) is 14.5 Å². The number of rotatable bonds is 3. The van der Waals surface area contributed by atoms with Crippen LogP contribution in [0.5, 0.6) is 0 Å². The summed E-state index contributed by atoms with van der Waals surface area (Å²) in [6.07, 6.45) is 3.06. The molecule has 1 aliphatic heterocycles. The number of anilines is 1. The molecule has 0 unspecified atom stereocenters. The third-order valence-corrected chi connectivity index (χ3v) is 5.66. The third-order valence-electron chi connectivity index (χ3n) is 5.66. The van der Waals surface area contributed by atoms with Crippen LogP contribution in [0.4, 0.5) is 5.69 Å². The summed E-state index contributed by atoms with van der Waals surface area (Å²) in [5.41, 5.74) is 4.02. The Morgan fingerprint density at radius 1 is 1.04 bits per heavy atom. The van der Waals surface area contributed by atoms with E-state index in [1.54, 1.807) is 4.90 Å². The highest BCUT2D eigenvalue weighted by Crippen LogP contribution is 2.37.